The Kier molecular flexibility index (Phi) is 10.4. The number of hydrogen-bond acceptors (Lipinski definition) is 6. The fourth-order valence-corrected chi connectivity index (χ4v) is 2.71. The molecule has 0 aromatic heterocycles. The molecule has 1 fully saturated rings. The molecule has 136 valence electrons. The van der Waals surface area contributed by atoms with Crippen LogP contribution in [0.1, 0.15) is 64.7 Å². The molecule has 6 heteroatoms. The quantitative estimate of drug-likeness (QED) is 0.415. The van der Waals surface area contributed by atoms with Crippen molar-refractivity contribution in [1.29, 1.82) is 0 Å². The molecule has 0 saturated carbocycles. The number of hydrogen-bond donors (Lipinski definition) is 3. The van der Waals surface area contributed by atoms with Crippen molar-refractivity contribution in [2.24, 2.45) is 0 Å². The van der Waals surface area contributed by atoms with Gasteiger partial charge in [-0.2, -0.15) is 0 Å². The first-order chi connectivity index (χ1) is 11.1. The highest BCUT2D eigenvalue weighted by molar-refractivity contribution is 5.69. The van der Waals surface area contributed by atoms with E-state index >= 15 is 0 Å². The summed E-state index contributed by atoms with van der Waals surface area (Å²) in [7, 11) is 0. The van der Waals surface area contributed by atoms with E-state index in [1.165, 1.54) is 32.1 Å². The Balaban J connectivity index is 2.17. The van der Waals surface area contributed by atoms with Crippen LogP contribution in [0.2, 0.25) is 0 Å². The van der Waals surface area contributed by atoms with Gasteiger partial charge in [-0.1, -0.05) is 51.9 Å². The molecule has 0 aromatic carbocycles. The van der Waals surface area contributed by atoms with Crippen LogP contribution in [0.15, 0.2) is 0 Å². The van der Waals surface area contributed by atoms with Gasteiger partial charge < -0.3 is 24.8 Å². The summed E-state index contributed by atoms with van der Waals surface area (Å²) in [5.74, 6) is -0.451. The standard InChI is InChI=1S/C17H32O6/c1-2-3-4-5-6-7-8-9-10-15(20)23-17-14(19)12-22-11-13(18)16(17)21/h13-14,16-19,21H,2-12H2,1H3/t13-,14-,16-,17-/m1/s1. The Labute approximate surface area is 138 Å². The minimum Gasteiger partial charge on any atom is -0.457 e. The van der Waals surface area contributed by atoms with Gasteiger partial charge in [0, 0.05) is 6.42 Å². The van der Waals surface area contributed by atoms with Crippen molar-refractivity contribution in [3.8, 4) is 0 Å². The fraction of sp³-hybridized carbons (Fsp3) is 0.941. The Hall–Kier alpha value is -0.690. The van der Waals surface area contributed by atoms with Gasteiger partial charge in [0.1, 0.15) is 18.3 Å². The number of rotatable bonds is 10. The molecule has 1 aliphatic heterocycles. The number of carbonyl (C=O) groups is 1. The van der Waals surface area contributed by atoms with Gasteiger partial charge in [-0.25, -0.2) is 0 Å². The molecule has 0 spiro atoms. The molecule has 6 nitrogen and oxygen atoms in total. The van der Waals surface area contributed by atoms with Crippen LogP contribution in [0.25, 0.3) is 0 Å². The third kappa shape index (κ3) is 8.11. The zero-order valence-electron chi connectivity index (χ0n) is 14.2. The maximum absolute atomic E-state index is 11.8. The predicted molar refractivity (Wildman–Crippen MR) is 85.9 cm³/mol. The van der Waals surface area contributed by atoms with Crippen LogP contribution < -0.4 is 0 Å². The smallest absolute Gasteiger partial charge is 0.306 e. The molecule has 0 bridgehead atoms. The Morgan fingerprint density at radius 2 is 1.52 bits per heavy atom. The second-order valence-corrected chi connectivity index (χ2v) is 6.34. The van der Waals surface area contributed by atoms with Crippen LogP contribution >= 0.6 is 0 Å². The Morgan fingerprint density at radius 3 is 2.17 bits per heavy atom. The monoisotopic (exact) mass is 332 g/mol. The molecule has 0 unspecified atom stereocenters. The third-order valence-corrected chi connectivity index (χ3v) is 4.19. The molecule has 0 amide bonds. The minimum absolute atomic E-state index is 0.0656. The lowest BCUT2D eigenvalue weighted by molar-refractivity contribution is -0.169. The maximum Gasteiger partial charge on any atom is 0.306 e. The van der Waals surface area contributed by atoms with Crippen molar-refractivity contribution in [3.63, 3.8) is 0 Å². The molecule has 1 aliphatic rings. The lowest BCUT2D eigenvalue weighted by Gasteiger charge is -2.26. The molecule has 23 heavy (non-hydrogen) atoms. The van der Waals surface area contributed by atoms with Gasteiger partial charge in [0.15, 0.2) is 6.10 Å². The second-order valence-electron chi connectivity index (χ2n) is 6.34. The molecule has 1 saturated heterocycles. The van der Waals surface area contributed by atoms with Crippen LogP contribution in [0, 0.1) is 0 Å². The maximum atomic E-state index is 11.8. The number of esters is 1. The van der Waals surface area contributed by atoms with Crippen molar-refractivity contribution in [2.45, 2.75) is 89.1 Å². The molecule has 0 aliphatic carbocycles. The van der Waals surface area contributed by atoms with Gasteiger partial charge in [0.05, 0.1) is 13.2 Å². The largest absolute Gasteiger partial charge is 0.457 e. The number of aliphatic hydroxyl groups excluding tert-OH is 3. The highest BCUT2D eigenvalue weighted by Gasteiger charge is 2.38. The van der Waals surface area contributed by atoms with E-state index in [0.717, 1.165) is 19.3 Å². The first-order valence-corrected chi connectivity index (χ1v) is 8.87. The molecular formula is C17H32O6. The zero-order valence-corrected chi connectivity index (χ0v) is 14.2. The van der Waals surface area contributed by atoms with Crippen LogP contribution in [-0.4, -0.2) is 58.9 Å². The lowest BCUT2D eigenvalue weighted by Crippen LogP contribution is -2.46. The van der Waals surface area contributed by atoms with Gasteiger partial charge in [0.2, 0.25) is 0 Å². The zero-order chi connectivity index (χ0) is 17.1. The highest BCUT2D eigenvalue weighted by Crippen LogP contribution is 2.16. The first kappa shape index (κ1) is 20.4. The normalized spacial score (nSPS) is 28.3. The molecule has 1 rings (SSSR count). The second kappa shape index (κ2) is 11.8. The summed E-state index contributed by atoms with van der Waals surface area (Å²) in [6, 6.07) is 0. The van der Waals surface area contributed by atoms with E-state index in [9.17, 15) is 20.1 Å². The lowest BCUT2D eigenvalue weighted by atomic mass is 10.0. The molecule has 4 atom stereocenters. The SMILES string of the molecule is CCCCCCCCCCC(=O)O[C@H]1[C@H](O)[C@H](O)COC[C@H]1O. The Morgan fingerprint density at radius 1 is 0.957 bits per heavy atom. The van der Waals surface area contributed by atoms with E-state index in [2.05, 4.69) is 6.92 Å². The van der Waals surface area contributed by atoms with Crippen LogP contribution in [0.5, 0.6) is 0 Å². The van der Waals surface area contributed by atoms with Crippen molar-refractivity contribution < 1.29 is 29.6 Å². The summed E-state index contributed by atoms with van der Waals surface area (Å²) < 4.78 is 10.2. The van der Waals surface area contributed by atoms with Gasteiger partial charge in [-0.15, -0.1) is 0 Å². The molecule has 3 N–H and O–H groups in total. The van der Waals surface area contributed by atoms with E-state index in [1.807, 2.05) is 0 Å². The van der Waals surface area contributed by atoms with Gasteiger partial charge in [0.25, 0.3) is 0 Å². The van der Waals surface area contributed by atoms with Crippen molar-refractivity contribution in [2.75, 3.05) is 13.2 Å². The van der Waals surface area contributed by atoms with Gasteiger partial charge >= 0.3 is 5.97 Å². The minimum atomic E-state index is -1.32. The molecule has 0 aromatic rings. The summed E-state index contributed by atoms with van der Waals surface area (Å²) in [5.41, 5.74) is 0. The summed E-state index contributed by atoms with van der Waals surface area (Å²) in [4.78, 5) is 11.8. The van der Waals surface area contributed by atoms with E-state index in [0.29, 0.717) is 0 Å². The average molecular weight is 332 g/mol. The topological polar surface area (TPSA) is 96.2 Å². The summed E-state index contributed by atoms with van der Waals surface area (Å²) >= 11 is 0. The van der Waals surface area contributed by atoms with E-state index in [-0.39, 0.29) is 19.6 Å². The van der Waals surface area contributed by atoms with Crippen molar-refractivity contribution in [3.05, 3.63) is 0 Å². The number of unbranched alkanes of at least 4 members (excludes halogenated alkanes) is 7. The summed E-state index contributed by atoms with van der Waals surface area (Å²) in [6.07, 6.45) is 4.60. The molecule has 1 heterocycles. The highest BCUT2D eigenvalue weighted by atomic mass is 16.6. The first-order valence-electron chi connectivity index (χ1n) is 8.87. The van der Waals surface area contributed by atoms with Crippen molar-refractivity contribution >= 4 is 5.97 Å². The van der Waals surface area contributed by atoms with E-state index in [4.69, 9.17) is 9.47 Å². The fourth-order valence-electron chi connectivity index (χ4n) is 2.71. The number of carbonyl (C=O) groups excluding carboxylic acids is 1. The van der Waals surface area contributed by atoms with Crippen LogP contribution in [0.3, 0.4) is 0 Å². The summed E-state index contributed by atoms with van der Waals surface area (Å²) in [6.45, 7) is 2.05. The van der Waals surface area contributed by atoms with E-state index in [1.54, 1.807) is 0 Å². The van der Waals surface area contributed by atoms with Crippen LogP contribution in [-0.2, 0) is 14.3 Å². The molecular weight excluding hydrogens is 300 g/mol. The predicted octanol–water partition coefficient (Wildman–Crippen LogP) is 1.54. The van der Waals surface area contributed by atoms with Crippen LogP contribution in [0.4, 0.5) is 0 Å². The van der Waals surface area contributed by atoms with Gasteiger partial charge in [-0.05, 0) is 6.42 Å². The Bertz CT molecular complexity index is 322. The number of aliphatic hydroxyl groups is 3. The average Bonchev–Trinajstić information content (AvgIpc) is 2.64. The summed E-state index contributed by atoms with van der Waals surface area (Å²) in [5, 5.41) is 29.3. The number of ether oxygens (including phenoxy) is 2. The van der Waals surface area contributed by atoms with E-state index < -0.39 is 30.4 Å². The third-order valence-electron chi connectivity index (χ3n) is 4.19. The van der Waals surface area contributed by atoms with Gasteiger partial charge in [-0.3, -0.25) is 4.79 Å². The van der Waals surface area contributed by atoms with Crippen molar-refractivity contribution in [1.82, 2.24) is 0 Å². The molecule has 0 radical (unpaired) electrons.